The summed E-state index contributed by atoms with van der Waals surface area (Å²) in [6.45, 7) is 1.93. The first-order valence-electron chi connectivity index (χ1n) is 10.4. The molecule has 0 aliphatic heterocycles. The lowest BCUT2D eigenvalue weighted by molar-refractivity contribution is -0.139. The smallest absolute Gasteiger partial charge is 0.329 e. The zero-order valence-corrected chi connectivity index (χ0v) is 21.0. The number of amides is 3. The van der Waals surface area contributed by atoms with Crippen molar-refractivity contribution in [1.82, 2.24) is 10.7 Å². The van der Waals surface area contributed by atoms with E-state index >= 15 is 0 Å². The third kappa shape index (κ3) is 8.55. The van der Waals surface area contributed by atoms with Crippen molar-refractivity contribution in [2.24, 2.45) is 5.10 Å². The summed E-state index contributed by atoms with van der Waals surface area (Å²) >= 11 is 9.20. The van der Waals surface area contributed by atoms with Gasteiger partial charge in [-0.2, -0.15) is 5.10 Å². The number of carbonyl (C=O) groups excluding carboxylic acids is 3. The highest BCUT2D eigenvalue weighted by Crippen LogP contribution is 2.22. The third-order valence-electron chi connectivity index (χ3n) is 4.61. The molecule has 0 saturated heterocycles. The van der Waals surface area contributed by atoms with Crippen LogP contribution in [0.4, 0.5) is 5.69 Å². The van der Waals surface area contributed by atoms with E-state index in [4.69, 9.17) is 16.3 Å². The molecule has 0 aliphatic carbocycles. The van der Waals surface area contributed by atoms with Gasteiger partial charge in [-0.1, -0.05) is 57.4 Å². The number of hydrogen-bond donors (Lipinski definition) is 3. The van der Waals surface area contributed by atoms with Gasteiger partial charge in [0.1, 0.15) is 5.75 Å². The van der Waals surface area contributed by atoms with E-state index in [1.165, 1.54) is 6.21 Å². The molecule has 3 amide bonds. The SMILES string of the molecule is Cc1ccc(CNC(=O)C(=O)N/N=C\c2cc(Br)ccc2OCC(=O)Nc2ccc(Cl)cc2)cc1. The minimum absolute atomic E-state index is 0.220. The van der Waals surface area contributed by atoms with Gasteiger partial charge < -0.3 is 15.4 Å². The van der Waals surface area contributed by atoms with Crippen molar-refractivity contribution in [2.75, 3.05) is 11.9 Å². The second kappa shape index (κ2) is 12.7. The Morgan fingerprint density at radius 3 is 2.43 bits per heavy atom. The van der Waals surface area contributed by atoms with Crippen molar-refractivity contribution in [3.63, 3.8) is 0 Å². The first-order valence-corrected chi connectivity index (χ1v) is 11.6. The highest BCUT2D eigenvalue weighted by Gasteiger charge is 2.12. The van der Waals surface area contributed by atoms with Crippen molar-refractivity contribution >= 4 is 57.2 Å². The Morgan fingerprint density at radius 2 is 1.71 bits per heavy atom. The van der Waals surface area contributed by atoms with Crippen LogP contribution in [0.1, 0.15) is 16.7 Å². The van der Waals surface area contributed by atoms with Crippen LogP contribution in [-0.2, 0) is 20.9 Å². The van der Waals surface area contributed by atoms with Gasteiger partial charge in [-0.25, -0.2) is 5.43 Å². The Hall–Kier alpha value is -3.69. The van der Waals surface area contributed by atoms with Crippen LogP contribution in [0.5, 0.6) is 5.75 Å². The van der Waals surface area contributed by atoms with Crippen LogP contribution in [0.2, 0.25) is 5.02 Å². The summed E-state index contributed by atoms with van der Waals surface area (Å²) in [5.41, 5.74) is 5.23. The van der Waals surface area contributed by atoms with E-state index in [-0.39, 0.29) is 19.1 Å². The molecule has 0 unspecified atom stereocenters. The van der Waals surface area contributed by atoms with E-state index in [1.807, 2.05) is 31.2 Å². The maximum atomic E-state index is 12.2. The zero-order valence-electron chi connectivity index (χ0n) is 18.7. The van der Waals surface area contributed by atoms with Crippen molar-refractivity contribution in [1.29, 1.82) is 0 Å². The molecule has 10 heteroatoms. The van der Waals surface area contributed by atoms with Gasteiger partial charge in [0.05, 0.1) is 6.21 Å². The van der Waals surface area contributed by atoms with Gasteiger partial charge in [-0.15, -0.1) is 0 Å². The van der Waals surface area contributed by atoms with Gasteiger partial charge in [-0.05, 0) is 55.0 Å². The summed E-state index contributed by atoms with van der Waals surface area (Å²) in [5.74, 6) is -1.72. The van der Waals surface area contributed by atoms with E-state index in [1.54, 1.807) is 42.5 Å². The van der Waals surface area contributed by atoms with Crippen molar-refractivity contribution < 1.29 is 19.1 Å². The number of benzene rings is 3. The molecular formula is C25H22BrClN4O4. The molecule has 180 valence electrons. The third-order valence-corrected chi connectivity index (χ3v) is 5.35. The van der Waals surface area contributed by atoms with Crippen LogP contribution < -0.4 is 20.8 Å². The summed E-state index contributed by atoms with van der Waals surface area (Å²) in [7, 11) is 0. The number of nitrogens with one attached hydrogen (secondary N) is 3. The number of hydrazone groups is 1. The second-order valence-electron chi connectivity index (χ2n) is 7.39. The highest BCUT2D eigenvalue weighted by atomic mass is 79.9. The minimum atomic E-state index is -0.909. The Morgan fingerprint density at radius 1 is 1.00 bits per heavy atom. The fraction of sp³-hybridized carbons (Fsp3) is 0.120. The normalized spacial score (nSPS) is 10.6. The molecule has 0 aliphatic rings. The Labute approximate surface area is 215 Å². The Bertz CT molecular complexity index is 1230. The summed E-state index contributed by atoms with van der Waals surface area (Å²) in [4.78, 5) is 36.2. The van der Waals surface area contributed by atoms with Crippen LogP contribution in [0.3, 0.4) is 0 Å². The number of hydrogen-bond acceptors (Lipinski definition) is 5. The van der Waals surface area contributed by atoms with Crippen LogP contribution in [0.15, 0.2) is 76.3 Å². The number of aryl methyl sites for hydroxylation is 1. The molecular weight excluding hydrogens is 536 g/mol. The number of ether oxygens (including phenoxy) is 1. The van der Waals surface area contributed by atoms with Crippen molar-refractivity contribution in [3.05, 3.63) is 92.9 Å². The maximum absolute atomic E-state index is 12.2. The lowest BCUT2D eigenvalue weighted by atomic mass is 10.1. The first kappa shape index (κ1) is 25.9. The lowest BCUT2D eigenvalue weighted by Gasteiger charge is -2.10. The van der Waals surface area contributed by atoms with E-state index in [2.05, 4.69) is 37.1 Å². The van der Waals surface area contributed by atoms with Crippen LogP contribution in [0.25, 0.3) is 0 Å². The molecule has 0 heterocycles. The lowest BCUT2D eigenvalue weighted by Crippen LogP contribution is -2.37. The molecule has 8 nitrogen and oxygen atoms in total. The molecule has 3 N–H and O–H groups in total. The van der Waals surface area contributed by atoms with Gasteiger partial charge in [0, 0.05) is 27.3 Å². The number of carbonyl (C=O) groups is 3. The van der Waals surface area contributed by atoms with Gasteiger partial charge in [0.15, 0.2) is 6.61 Å². The minimum Gasteiger partial charge on any atom is -0.483 e. The van der Waals surface area contributed by atoms with E-state index in [9.17, 15) is 14.4 Å². The fourth-order valence-corrected chi connectivity index (χ4v) is 3.31. The fourth-order valence-electron chi connectivity index (χ4n) is 2.81. The van der Waals surface area contributed by atoms with E-state index < -0.39 is 11.8 Å². The summed E-state index contributed by atoms with van der Waals surface area (Å²) in [5, 5.41) is 9.63. The molecule has 3 aromatic rings. The quantitative estimate of drug-likeness (QED) is 0.219. The van der Waals surface area contributed by atoms with Crippen LogP contribution >= 0.6 is 27.5 Å². The Balaban J connectivity index is 1.52. The number of rotatable bonds is 8. The Kier molecular flexibility index (Phi) is 9.39. The van der Waals surface area contributed by atoms with E-state index in [0.717, 1.165) is 15.6 Å². The monoisotopic (exact) mass is 556 g/mol. The van der Waals surface area contributed by atoms with E-state index in [0.29, 0.717) is 22.0 Å². The van der Waals surface area contributed by atoms with Gasteiger partial charge in [0.25, 0.3) is 5.91 Å². The van der Waals surface area contributed by atoms with Gasteiger partial charge in [-0.3, -0.25) is 14.4 Å². The molecule has 0 aromatic heterocycles. The number of nitrogens with zero attached hydrogens (tertiary/aromatic N) is 1. The average molecular weight is 558 g/mol. The highest BCUT2D eigenvalue weighted by molar-refractivity contribution is 9.10. The molecule has 0 fully saturated rings. The predicted octanol–water partition coefficient (Wildman–Crippen LogP) is 4.19. The molecule has 0 radical (unpaired) electrons. The topological polar surface area (TPSA) is 109 Å². The zero-order chi connectivity index (χ0) is 25.2. The van der Waals surface area contributed by atoms with Gasteiger partial charge >= 0.3 is 11.8 Å². The van der Waals surface area contributed by atoms with Crippen molar-refractivity contribution in [3.8, 4) is 5.75 Å². The molecule has 0 atom stereocenters. The number of anilines is 1. The average Bonchev–Trinajstić information content (AvgIpc) is 2.84. The van der Waals surface area contributed by atoms with Crippen LogP contribution in [-0.4, -0.2) is 30.5 Å². The first-order chi connectivity index (χ1) is 16.8. The molecule has 3 rings (SSSR count). The molecule has 3 aromatic carbocycles. The van der Waals surface area contributed by atoms with Gasteiger partial charge in [0.2, 0.25) is 0 Å². The molecule has 0 bridgehead atoms. The predicted molar refractivity (Wildman–Crippen MR) is 138 cm³/mol. The van der Waals surface area contributed by atoms with Crippen molar-refractivity contribution in [2.45, 2.75) is 13.5 Å². The summed E-state index contributed by atoms with van der Waals surface area (Å²) in [6, 6.07) is 19.4. The van der Waals surface area contributed by atoms with Crippen LogP contribution in [0, 0.1) is 6.92 Å². The molecule has 0 saturated carbocycles. The standard InChI is InChI=1S/C25H22BrClN4O4/c1-16-2-4-17(5-3-16)13-28-24(33)25(34)31-29-14-18-12-19(26)6-11-22(18)35-15-23(32)30-21-9-7-20(27)8-10-21/h2-12,14H,13,15H2,1H3,(H,28,33)(H,30,32)(H,31,34)/b29-14-. The number of halogens is 2. The molecule has 35 heavy (non-hydrogen) atoms. The molecule has 0 spiro atoms. The maximum Gasteiger partial charge on any atom is 0.329 e. The summed E-state index contributed by atoms with van der Waals surface area (Å²) in [6.07, 6.45) is 1.32. The second-order valence-corrected chi connectivity index (χ2v) is 8.75. The largest absolute Gasteiger partial charge is 0.483 e. The summed E-state index contributed by atoms with van der Waals surface area (Å²) < 4.78 is 6.34.